The number of aromatic carboxylic acids is 1. The molecule has 0 spiro atoms. The summed E-state index contributed by atoms with van der Waals surface area (Å²) in [5.41, 5.74) is 3.88. The van der Waals surface area contributed by atoms with E-state index in [9.17, 15) is 4.79 Å². The van der Waals surface area contributed by atoms with Crippen LogP contribution in [-0.2, 0) is 13.0 Å². The highest BCUT2D eigenvalue weighted by atomic mass is 16.4. The Morgan fingerprint density at radius 3 is 2.48 bits per heavy atom. The van der Waals surface area contributed by atoms with Crippen molar-refractivity contribution in [2.24, 2.45) is 0 Å². The summed E-state index contributed by atoms with van der Waals surface area (Å²) < 4.78 is 0. The summed E-state index contributed by atoms with van der Waals surface area (Å²) in [6.45, 7) is 4.91. The van der Waals surface area contributed by atoms with Gasteiger partial charge in [-0.3, -0.25) is 0 Å². The van der Waals surface area contributed by atoms with E-state index in [1.807, 2.05) is 6.07 Å². The normalized spacial score (nSPS) is 12.1. The first-order valence-corrected chi connectivity index (χ1v) is 7.24. The summed E-state index contributed by atoms with van der Waals surface area (Å²) in [7, 11) is 0. The molecule has 2 aromatic carbocycles. The summed E-state index contributed by atoms with van der Waals surface area (Å²) in [6.07, 6.45) is 1.05. The fourth-order valence-electron chi connectivity index (χ4n) is 2.25. The highest BCUT2D eigenvalue weighted by molar-refractivity contribution is 5.87. The number of rotatable bonds is 6. The molecule has 0 aliphatic heterocycles. The van der Waals surface area contributed by atoms with Crippen LogP contribution in [0, 0.1) is 0 Å². The lowest BCUT2D eigenvalue weighted by Gasteiger charge is -2.15. The van der Waals surface area contributed by atoms with Crippen molar-refractivity contribution in [2.75, 3.05) is 0 Å². The number of hydrogen-bond acceptors (Lipinski definition) is 2. The molecule has 0 fully saturated rings. The molecule has 110 valence electrons. The van der Waals surface area contributed by atoms with E-state index in [1.165, 1.54) is 11.1 Å². The Morgan fingerprint density at radius 1 is 1.14 bits per heavy atom. The van der Waals surface area contributed by atoms with Crippen LogP contribution in [0.2, 0.25) is 0 Å². The first kappa shape index (κ1) is 15.3. The average molecular weight is 283 g/mol. The second kappa shape index (κ2) is 7.04. The van der Waals surface area contributed by atoms with Crippen LogP contribution in [0.4, 0.5) is 0 Å². The van der Waals surface area contributed by atoms with E-state index in [2.05, 4.69) is 43.4 Å². The minimum Gasteiger partial charge on any atom is -0.478 e. The van der Waals surface area contributed by atoms with Gasteiger partial charge in [0.2, 0.25) is 0 Å². The molecule has 3 heteroatoms. The van der Waals surface area contributed by atoms with Gasteiger partial charge in [0.05, 0.1) is 5.56 Å². The molecule has 0 amide bonds. The Labute approximate surface area is 125 Å². The number of carboxylic acids is 1. The van der Waals surface area contributed by atoms with Gasteiger partial charge >= 0.3 is 5.97 Å². The van der Waals surface area contributed by atoms with Crippen molar-refractivity contribution in [3.8, 4) is 0 Å². The maximum Gasteiger partial charge on any atom is 0.335 e. The third kappa shape index (κ3) is 4.17. The van der Waals surface area contributed by atoms with Crippen LogP contribution in [0.1, 0.15) is 46.9 Å². The molecule has 21 heavy (non-hydrogen) atoms. The van der Waals surface area contributed by atoms with Crippen LogP contribution in [-0.4, -0.2) is 11.1 Å². The van der Waals surface area contributed by atoms with Gasteiger partial charge in [-0.1, -0.05) is 43.3 Å². The molecule has 2 rings (SSSR count). The molecule has 1 atom stereocenters. The molecule has 0 radical (unpaired) electrons. The van der Waals surface area contributed by atoms with Crippen LogP contribution >= 0.6 is 0 Å². The minimum absolute atomic E-state index is 0.226. The molecule has 0 heterocycles. The highest BCUT2D eigenvalue weighted by Crippen LogP contribution is 2.15. The number of aryl methyl sites for hydroxylation is 1. The van der Waals surface area contributed by atoms with Crippen LogP contribution in [0.15, 0.2) is 48.5 Å². The number of carboxylic acid groups (broad SMARTS) is 1. The standard InChI is InChI=1S/C18H21NO2/c1-3-14-7-9-16(10-8-14)13(2)19-12-15-5-4-6-17(11-15)18(20)21/h4-11,13,19H,3,12H2,1-2H3,(H,20,21). The SMILES string of the molecule is CCc1ccc(C(C)NCc2cccc(C(=O)O)c2)cc1. The fourth-order valence-corrected chi connectivity index (χ4v) is 2.25. The van der Waals surface area contributed by atoms with Gasteiger partial charge in [-0.2, -0.15) is 0 Å². The first-order chi connectivity index (χ1) is 10.1. The smallest absolute Gasteiger partial charge is 0.335 e. The highest BCUT2D eigenvalue weighted by Gasteiger charge is 2.06. The monoisotopic (exact) mass is 283 g/mol. The van der Waals surface area contributed by atoms with Gasteiger partial charge in [-0.05, 0) is 42.2 Å². The van der Waals surface area contributed by atoms with E-state index in [-0.39, 0.29) is 6.04 Å². The zero-order chi connectivity index (χ0) is 15.2. The van der Waals surface area contributed by atoms with Gasteiger partial charge in [0.1, 0.15) is 0 Å². The van der Waals surface area contributed by atoms with Crippen LogP contribution < -0.4 is 5.32 Å². The topological polar surface area (TPSA) is 49.3 Å². The molecule has 1 unspecified atom stereocenters. The fraction of sp³-hybridized carbons (Fsp3) is 0.278. The van der Waals surface area contributed by atoms with E-state index >= 15 is 0 Å². The molecule has 0 bridgehead atoms. The zero-order valence-electron chi connectivity index (χ0n) is 12.5. The van der Waals surface area contributed by atoms with Crippen molar-refractivity contribution < 1.29 is 9.90 Å². The number of benzene rings is 2. The maximum atomic E-state index is 11.0. The van der Waals surface area contributed by atoms with E-state index in [4.69, 9.17) is 5.11 Å². The lowest BCUT2D eigenvalue weighted by Crippen LogP contribution is -2.18. The molecule has 0 saturated heterocycles. The summed E-state index contributed by atoms with van der Waals surface area (Å²) in [5, 5.41) is 12.4. The second-order valence-corrected chi connectivity index (χ2v) is 5.20. The van der Waals surface area contributed by atoms with Crippen LogP contribution in [0.25, 0.3) is 0 Å². The van der Waals surface area contributed by atoms with Crippen molar-refractivity contribution in [1.29, 1.82) is 0 Å². The maximum absolute atomic E-state index is 11.0. The lowest BCUT2D eigenvalue weighted by molar-refractivity contribution is 0.0696. The summed E-state index contributed by atoms with van der Waals surface area (Å²) in [4.78, 5) is 11.0. The zero-order valence-corrected chi connectivity index (χ0v) is 12.5. The van der Waals surface area contributed by atoms with Gasteiger partial charge in [0.25, 0.3) is 0 Å². The third-order valence-electron chi connectivity index (χ3n) is 3.67. The Balaban J connectivity index is 1.98. The quantitative estimate of drug-likeness (QED) is 0.847. The molecular formula is C18H21NO2. The molecule has 0 aromatic heterocycles. The Hall–Kier alpha value is -2.13. The van der Waals surface area contributed by atoms with E-state index in [0.29, 0.717) is 12.1 Å². The van der Waals surface area contributed by atoms with Crippen molar-refractivity contribution in [3.05, 3.63) is 70.8 Å². The molecule has 2 N–H and O–H groups in total. The first-order valence-electron chi connectivity index (χ1n) is 7.24. The number of hydrogen-bond donors (Lipinski definition) is 2. The lowest BCUT2D eigenvalue weighted by atomic mass is 10.0. The average Bonchev–Trinajstić information content (AvgIpc) is 2.53. The van der Waals surface area contributed by atoms with Crippen molar-refractivity contribution >= 4 is 5.97 Å². The van der Waals surface area contributed by atoms with Crippen molar-refractivity contribution in [1.82, 2.24) is 5.32 Å². The number of nitrogens with one attached hydrogen (secondary N) is 1. The van der Waals surface area contributed by atoms with Crippen molar-refractivity contribution in [3.63, 3.8) is 0 Å². The van der Waals surface area contributed by atoms with Gasteiger partial charge in [0.15, 0.2) is 0 Å². The van der Waals surface area contributed by atoms with E-state index in [0.717, 1.165) is 12.0 Å². The van der Waals surface area contributed by atoms with Gasteiger partial charge in [-0.25, -0.2) is 4.79 Å². The van der Waals surface area contributed by atoms with Gasteiger partial charge in [0, 0.05) is 12.6 Å². The molecule has 0 saturated carbocycles. The molecular weight excluding hydrogens is 262 g/mol. The predicted molar refractivity (Wildman–Crippen MR) is 84.5 cm³/mol. The summed E-state index contributed by atoms with van der Waals surface area (Å²) >= 11 is 0. The Bertz CT molecular complexity index is 605. The Kier molecular flexibility index (Phi) is 5.12. The summed E-state index contributed by atoms with van der Waals surface area (Å²) in [6, 6.07) is 15.9. The molecule has 3 nitrogen and oxygen atoms in total. The summed E-state index contributed by atoms with van der Waals surface area (Å²) in [5.74, 6) is -0.889. The van der Waals surface area contributed by atoms with Crippen LogP contribution in [0.5, 0.6) is 0 Å². The molecule has 0 aliphatic rings. The largest absolute Gasteiger partial charge is 0.478 e. The van der Waals surface area contributed by atoms with Crippen LogP contribution in [0.3, 0.4) is 0 Å². The molecule has 0 aliphatic carbocycles. The predicted octanol–water partition coefficient (Wildman–Crippen LogP) is 3.80. The third-order valence-corrected chi connectivity index (χ3v) is 3.67. The van der Waals surface area contributed by atoms with Gasteiger partial charge < -0.3 is 10.4 Å². The Morgan fingerprint density at radius 2 is 1.86 bits per heavy atom. The minimum atomic E-state index is -0.889. The van der Waals surface area contributed by atoms with E-state index < -0.39 is 5.97 Å². The second-order valence-electron chi connectivity index (χ2n) is 5.20. The van der Waals surface area contributed by atoms with E-state index in [1.54, 1.807) is 18.2 Å². The number of carbonyl (C=O) groups is 1. The van der Waals surface area contributed by atoms with Gasteiger partial charge in [-0.15, -0.1) is 0 Å². The van der Waals surface area contributed by atoms with Crippen molar-refractivity contribution in [2.45, 2.75) is 32.9 Å². The molecule has 2 aromatic rings.